The summed E-state index contributed by atoms with van der Waals surface area (Å²) in [6.07, 6.45) is 18.8. The molecule has 0 saturated carbocycles. The normalized spacial score (nSPS) is 11.7. The van der Waals surface area contributed by atoms with E-state index in [4.69, 9.17) is 81.7 Å². The highest BCUT2D eigenvalue weighted by Gasteiger charge is 2.31. The van der Waals surface area contributed by atoms with Crippen LogP contribution in [0.25, 0.3) is 44.1 Å². The average Bonchev–Trinajstić information content (AvgIpc) is 1.64. The Kier molecular flexibility index (Phi) is 33.8. The molecule has 14 aromatic rings. The van der Waals surface area contributed by atoms with E-state index in [1.165, 1.54) is 93.3 Å². The number of anilines is 2. The third-order valence-electron chi connectivity index (χ3n) is 17.9. The topological polar surface area (TPSA) is 301 Å². The SMILES string of the molecule is CC(C)(C)OC(=O)N(Cc1cncc(F)c1)c1ccc(Br)c(F)n1.CC(C)(C)OC(=O)N(Cc1cncc(F)c1)c1ccc(Cc2cn(C(=O)OC(C)(C)C)c3ncc(Cl)cc23)c(F)n1.CC(C)(C)OC(=O)n1cc(CCl)c2cc(Cl)cnc21.CN(C)Cc1cn(C(=O)OC(C)(C)C)c2ncc(Cl)cc12.Fc1cncc(CCc2ccc(Cc3c[nH]c4ncc(Cl)cc34)c(F)n2)c1. The van der Waals surface area contributed by atoms with Crippen molar-refractivity contribution in [1.82, 2.24) is 73.4 Å². The molecular weight excluding hydrogens is 1890 g/mol. The summed E-state index contributed by atoms with van der Waals surface area (Å²) in [5.41, 5.74) is 4.69. The zero-order valence-electron chi connectivity index (χ0n) is 75.0. The zero-order chi connectivity index (χ0) is 96.8. The number of H-pyrrole nitrogens is 1. The Labute approximate surface area is 790 Å². The molecule has 132 heavy (non-hydrogen) atoms. The summed E-state index contributed by atoms with van der Waals surface area (Å²) in [7, 11) is 3.93. The van der Waals surface area contributed by atoms with Gasteiger partial charge in [-0.3, -0.25) is 24.8 Å². The number of alkyl halides is 1. The smallest absolute Gasteiger partial charge is 0.420 e. The third kappa shape index (κ3) is 29.5. The van der Waals surface area contributed by atoms with Gasteiger partial charge >= 0.3 is 30.5 Å². The fraction of sp³-hybridized carbons (Fsp3) is 0.323. The average molecular weight is 1980 g/mol. The van der Waals surface area contributed by atoms with Gasteiger partial charge in [-0.15, -0.1) is 11.6 Å². The summed E-state index contributed by atoms with van der Waals surface area (Å²) < 4.78 is 115. The molecule has 39 heteroatoms. The molecule has 696 valence electrons. The molecule has 0 radical (unpaired) electrons. The van der Waals surface area contributed by atoms with Gasteiger partial charge in [-0.2, -0.15) is 13.2 Å². The monoisotopic (exact) mass is 1980 g/mol. The van der Waals surface area contributed by atoms with Crippen LogP contribution < -0.4 is 9.80 Å². The maximum absolute atomic E-state index is 15.5. The molecule has 2 amide bonds. The Morgan fingerprint density at radius 1 is 0.402 bits per heavy atom. The van der Waals surface area contributed by atoms with Crippen molar-refractivity contribution in [3.05, 3.63) is 281 Å². The number of rotatable bonds is 16. The van der Waals surface area contributed by atoms with Crippen molar-refractivity contribution in [2.75, 3.05) is 23.9 Å². The highest BCUT2D eigenvalue weighted by molar-refractivity contribution is 9.10. The second-order valence-electron chi connectivity index (χ2n) is 35.2. The molecule has 1 N–H and O–H groups in total. The van der Waals surface area contributed by atoms with Gasteiger partial charge in [0.2, 0.25) is 17.8 Å². The summed E-state index contributed by atoms with van der Waals surface area (Å²) in [5.74, 6) is -3.33. The fourth-order valence-corrected chi connectivity index (χ4v) is 13.7. The van der Waals surface area contributed by atoms with E-state index in [0.717, 1.165) is 66.8 Å². The first-order valence-electron chi connectivity index (χ1n) is 40.7. The Bertz CT molecular complexity index is 6530. The quantitative estimate of drug-likeness (QED) is 0.0407. The fourth-order valence-electron chi connectivity index (χ4n) is 12.6. The number of halogens is 12. The zero-order valence-corrected chi connectivity index (χ0v) is 80.4. The van der Waals surface area contributed by atoms with Gasteiger partial charge in [0.05, 0.1) is 56.2 Å². The first-order valence-corrected chi connectivity index (χ1v) is 43.6. The van der Waals surface area contributed by atoms with Crippen LogP contribution in [0.2, 0.25) is 20.1 Å². The number of nitrogens with zero attached hydrogens (tertiary/aromatic N) is 16. The molecule has 0 bridgehead atoms. The summed E-state index contributed by atoms with van der Waals surface area (Å²) in [4.78, 5) is 110. The summed E-state index contributed by atoms with van der Waals surface area (Å²) >= 11 is 33.0. The van der Waals surface area contributed by atoms with Crippen LogP contribution in [0.1, 0.15) is 160 Å². The van der Waals surface area contributed by atoms with Crippen molar-refractivity contribution in [2.24, 2.45) is 0 Å². The molecule has 0 saturated heterocycles. The molecule has 27 nitrogen and oxygen atoms in total. The number of aromatic amines is 1. The lowest BCUT2D eigenvalue weighted by Gasteiger charge is -2.27. The number of fused-ring (bicyclic) bond motifs is 4. The van der Waals surface area contributed by atoms with Crippen molar-refractivity contribution in [3.63, 3.8) is 0 Å². The maximum atomic E-state index is 15.5. The van der Waals surface area contributed by atoms with Crippen LogP contribution in [-0.2, 0) is 74.9 Å². The van der Waals surface area contributed by atoms with Gasteiger partial charge in [0.25, 0.3) is 0 Å². The number of ether oxygens (including phenoxy) is 5. The van der Waals surface area contributed by atoms with E-state index in [-0.39, 0.29) is 52.9 Å². The molecule has 14 rings (SSSR count). The summed E-state index contributed by atoms with van der Waals surface area (Å²) in [6, 6.07) is 20.3. The number of carbonyl (C=O) groups is 5. The van der Waals surface area contributed by atoms with Gasteiger partial charge < -0.3 is 33.6 Å². The van der Waals surface area contributed by atoms with Crippen LogP contribution in [0, 0.1) is 35.3 Å². The van der Waals surface area contributed by atoms with E-state index in [9.17, 15) is 45.9 Å². The van der Waals surface area contributed by atoms with Crippen LogP contribution in [0.15, 0.2) is 170 Å². The van der Waals surface area contributed by atoms with E-state index in [1.54, 1.807) is 118 Å². The molecule has 0 fully saturated rings. The van der Waals surface area contributed by atoms with Gasteiger partial charge in [0.1, 0.15) is 79.7 Å². The molecule has 0 aliphatic rings. The van der Waals surface area contributed by atoms with Gasteiger partial charge in [-0.05, 0) is 252 Å². The lowest BCUT2D eigenvalue weighted by atomic mass is 10.0. The third-order valence-corrected chi connectivity index (χ3v) is 19.6. The lowest BCUT2D eigenvalue weighted by molar-refractivity contribution is 0.0532. The Balaban J connectivity index is 0.000000176. The molecule has 0 atom stereocenters. The first-order chi connectivity index (χ1) is 61.8. The predicted molar refractivity (Wildman–Crippen MR) is 498 cm³/mol. The number of aromatic nitrogens is 14. The van der Waals surface area contributed by atoms with Gasteiger partial charge in [-0.25, -0.2) is 85.7 Å². The largest absolute Gasteiger partial charge is 0.443 e. The van der Waals surface area contributed by atoms with Crippen molar-refractivity contribution in [3.8, 4) is 0 Å². The Morgan fingerprint density at radius 3 is 1.19 bits per heavy atom. The minimum absolute atomic E-state index is 0.0354. The van der Waals surface area contributed by atoms with Crippen molar-refractivity contribution >= 4 is 160 Å². The number of nitrogens with one attached hydrogen (secondary N) is 1. The molecule has 0 aliphatic heterocycles. The second kappa shape index (κ2) is 43.6. The highest BCUT2D eigenvalue weighted by Crippen LogP contribution is 2.33. The molecular formula is C93H95BrCl5F6N17O10. The molecule has 0 aromatic carbocycles. The molecule has 14 heterocycles. The number of pyridine rings is 10. The summed E-state index contributed by atoms with van der Waals surface area (Å²) in [5, 5.41) is 4.95. The maximum Gasteiger partial charge on any atom is 0.420 e. The number of hydrogen-bond donors (Lipinski definition) is 1. The Hall–Kier alpha value is -11.9. The van der Waals surface area contributed by atoms with Crippen LogP contribution in [-0.4, -0.2) is 146 Å². The molecule has 0 spiro atoms. The van der Waals surface area contributed by atoms with Gasteiger partial charge in [0, 0.05) is 132 Å². The highest BCUT2D eigenvalue weighted by atomic mass is 79.9. The summed E-state index contributed by atoms with van der Waals surface area (Å²) in [6.45, 7) is 26.9. The minimum atomic E-state index is -0.846. The van der Waals surface area contributed by atoms with Gasteiger partial charge in [0.15, 0.2) is 0 Å². The van der Waals surface area contributed by atoms with Crippen molar-refractivity contribution in [2.45, 2.75) is 183 Å². The minimum Gasteiger partial charge on any atom is -0.443 e. The predicted octanol–water partition coefficient (Wildman–Crippen LogP) is 23.9. The van der Waals surface area contributed by atoms with Gasteiger partial charge in [-0.1, -0.05) is 58.5 Å². The van der Waals surface area contributed by atoms with E-state index in [2.05, 4.69) is 70.8 Å². The van der Waals surface area contributed by atoms with E-state index >= 15 is 4.39 Å². The molecule has 0 aliphatic carbocycles. The van der Waals surface area contributed by atoms with Crippen LogP contribution >= 0.6 is 73.9 Å². The van der Waals surface area contributed by atoms with Crippen LogP contribution in [0.3, 0.4) is 0 Å². The number of aryl methyl sites for hydroxylation is 2. The number of carbonyl (C=O) groups excluding carboxylic acids is 5. The number of amides is 2. The first kappa shape index (κ1) is 102. The van der Waals surface area contributed by atoms with E-state index in [1.807, 2.05) is 72.7 Å². The number of hydrogen-bond acceptors (Lipinski definition) is 21. The lowest BCUT2D eigenvalue weighted by Crippen LogP contribution is -2.37. The van der Waals surface area contributed by atoms with Crippen molar-refractivity contribution < 1.29 is 74.0 Å². The second-order valence-corrected chi connectivity index (χ2v) is 38.0. The van der Waals surface area contributed by atoms with Crippen molar-refractivity contribution in [1.29, 1.82) is 0 Å². The van der Waals surface area contributed by atoms with Crippen LogP contribution in [0.5, 0.6) is 0 Å². The molecule has 14 aromatic heterocycles. The standard InChI is InChI=1S/C29H30ClF2N5O4.C20H15ClF2N4.C16H16BrF2N3O2.C15H20ClN3O2.C13H14Cl2N2O2/c1-28(2,3)40-26(38)36(15-17-9-21(31)14-33-12-17)23-8-7-18(24(32)35-23)10-19-16-37(27(39)41-29(4,5)6)25-22(19)11-20(30)13-34-25;21-15-7-18-14(9-25-20(18)26-10-15)6-13-2-4-17(27-19(13)23)3-1-12-5-16(22)11-24-8-12;1-16(2,3)24-15(23)22(9-10-6-11(18)8-20-7-10)13-5-4-12(17)14(19)21-13;1-15(2,3)21-14(20)19-9-10(8-18(4)5)12-6-11(16)7-17-13(12)19;1-13(2,3)19-12(18)17-7-8(5-14)10-4-9(15)6-16-11(10)17/h7-9,11-14,16H,10,15H2,1-6H3;2,4-5,7-11H,1,3,6H2,(H,25,26);4-8H,9H2,1-3H3;6-7,9H,8H2,1-5H3;4,6-7H,5H2,1-3H3. The van der Waals surface area contributed by atoms with E-state index < -0.39 is 87.9 Å². The van der Waals surface area contributed by atoms with E-state index in [0.29, 0.717) is 102 Å². The van der Waals surface area contributed by atoms with Crippen LogP contribution in [0.4, 0.5) is 62.0 Å². The molecule has 0 unspecified atom stereocenters. The Morgan fingerprint density at radius 2 is 0.773 bits per heavy atom.